The number of benzene rings is 1. The summed E-state index contributed by atoms with van der Waals surface area (Å²) in [5, 5.41) is 3.07. The van der Waals surface area contributed by atoms with Gasteiger partial charge in [0.25, 0.3) is 0 Å². The molecular weight excluding hydrogens is 348 g/mol. The predicted molar refractivity (Wildman–Crippen MR) is 105 cm³/mol. The highest BCUT2D eigenvalue weighted by Gasteiger charge is 2.24. The second-order valence-corrected chi connectivity index (χ2v) is 9.92. The van der Waals surface area contributed by atoms with Crippen molar-refractivity contribution in [2.24, 2.45) is 0 Å². The lowest BCUT2D eigenvalue weighted by Gasteiger charge is -2.27. The number of sulfonamides is 1. The molecule has 1 N–H and O–H groups in total. The van der Waals surface area contributed by atoms with E-state index in [0.717, 1.165) is 25.7 Å². The molecule has 5 nitrogen and oxygen atoms in total. The Kier molecular flexibility index (Phi) is 7.65. The fourth-order valence-corrected chi connectivity index (χ4v) is 5.07. The minimum Gasteiger partial charge on any atom is -0.351 e. The molecule has 0 atom stereocenters. The zero-order valence-electron chi connectivity index (χ0n) is 16.0. The lowest BCUT2D eigenvalue weighted by molar-refractivity contribution is -0.122. The van der Waals surface area contributed by atoms with Crippen LogP contribution in [-0.4, -0.2) is 43.0 Å². The van der Waals surface area contributed by atoms with Crippen LogP contribution in [0.2, 0.25) is 0 Å². The summed E-state index contributed by atoms with van der Waals surface area (Å²) in [4.78, 5) is 12.2. The largest absolute Gasteiger partial charge is 0.351 e. The lowest BCUT2D eigenvalue weighted by Crippen LogP contribution is -2.45. The van der Waals surface area contributed by atoms with Crippen LogP contribution < -0.4 is 5.32 Å². The number of nitrogens with one attached hydrogen (secondary N) is 1. The standard InChI is InChI=1S/C20H32N2O3S/c1-20(2,17-18-11-5-3-6-12-18)21-19(23)13-7-10-16-26(24,25)22-14-8-4-9-15-22/h3,5-6,11-12H,4,7-10,13-17H2,1-2H3,(H,21,23). The number of hydrogen-bond acceptors (Lipinski definition) is 3. The van der Waals surface area contributed by atoms with Crippen LogP contribution in [0, 0.1) is 0 Å². The van der Waals surface area contributed by atoms with Gasteiger partial charge in [-0.1, -0.05) is 36.8 Å². The summed E-state index contributed by atoms with van der Waals surface area (Å²) in [6.07, 6.45) is 5.30. The molecule has 1 aromatic carbocycles. The van der Waals surface area contributed by atoms with Crippen LogP contribution in [0.1, 0.15) is 57.9 Å². The summed E-state index contributed by atoms with van der Waals surface area (Å²) in [5.41, 5.74) is 0.864. The van der Waals surface area contributed by atoms with Crippen molar-refractivity contribution >= 4 is 15.9 Å². The van der Waals surface area contributed by atoms with Crippen molar-refractivity contribution in [2.75, 3.05) is 18.8 Å². The van der Waals surface area contributed by atoms with Crippen LogP contribution >= 0.6 is 0 Å². The van der Waals surface area contributed by atoms with Crippen LogP contribution in [0.4, 0.5) is 0 Å². The zero-order chi connectivity index (χ0) is 19.0. The van der Waals surface area contributed by atoms with E-state index in [4.69, 9.17) is 0 Å². The molecule has 6 heteroatoms. The number of unbranched alkanes of at least 4 members (excludes halogenated alkanes) is 1. The van der Waals surface area contributed by atoms with Crippen LogP contribution in [0.25, 0.3) is 0 Å². The van der Waals surface area contributed by atoms with Crippen molar-refractivity contribution in [2.45, 2.75) is 64.3 Å². The predicted octanol–water partition coefficient (Wildman–Crippen LogP) is 3.11. The molecule has 1 amide bonds. The van der Waals surface area contributed by atoms with E-state index in [9.17, 15) is 13.2 Å². The third-order valence-electron chi connectivity index (χ3n) is 4.73. The quantitative estimate of drug-likeness (QED) is 0.670. The van der Waals surface area contributed by atoms with Crippen molar-refractivity contribution in [3.05, 3.63) is 35.9 Å². The minimum atomic E-state index is -3.16. The number of piperidine rings is 1. The van der Waals surface area contributed by atoms with Gasteiger partial charge in [-0.3, -0.25) is 4.79 Å². The molecule has 2 rings (SSSR count). The van der Waals surface area contributed by atoms with E-state index < -0.39 is 10.0 Å². The van der Waals surface area contributed by atoms with Gasteiger partial charge < -0.3 is 5.32 Å². The van der Waals surface area contributed by atoms with Gasteiger partial charge >= 0.3 is 0 Å². The number of carbonyl (C=O) groups excluding carboxylic acids is 1. The van der Waals surface area contributed by atoms with Crippen molar-refractivity contribution in [3.8, 4) is 0 Å². The lowest BCUT2D eigenvalue weighted by atomic mass is 9.94. The maximum Gasteiger partial charge on any atom is 0.220 e. The molecule has 1 aliphatic rings. The molecule has 1 heterocycles. The third-order valence-corrected chi connectivity index (χ3v) is 6.69. The first-order valence-corrected chi connectivity index (χ1v) is 11.2. The van der Waals surface area contributed by atoms with Gasteiger partial charge in [-0.15, -0.1) is 0 Å². The Labute approximate surface area is 158 Å². The van der Waals surface area contributed by atoms with Gasteiger partial charge in [0.1, 0.15) is 0 Å². The molecule has 26 heavy (non-hydrogen) atoms. The summed E-state index contributed by atoms with van der Waals surface area (Å²) in [6.45, 7) is 5.32. The molecule has 0 saturated carbocycles. The number of carbonyl (C=O) groups is 1. The SMILES string of the molecule is CC(C)(Cc1ccccc1)NC(=O)CCCCS(=O)(=O)N1CCCCC1. The molecule has 1 saturated heterocycles. The van der Waals surface area contributed by atoms with Crippen LogP contribution in [-0.2, 0) is 21.2 Å². The van der Waals surface area contributed by atoms with Gasteiger partial charge in [0.05, 0.1) is 5.75 Å². The monoisotopic (exact) mass is 380 g/mol. The van der Waals surface area contributed by atoms with E-state index in [1.165, 1.54) is 5.56 Å². The molecule has 0 aliphatic carbocycles. The summed E-state index contributed by atoms with van der Waals surface area (Å²) < 4.78 is 26.2. The van der Waals surface area contributed by atoms with Crippen molar-refractivity contribution in [3.63, 3.8) is 0 Å². The second-order valence-electron chi connectivity index (χ2n) is 7.83. The van der Waals surface area contributed by atoms with Gasteiger partial charge in [0.15, 0.2) is 0 Å². The zero-order valence-corrected chi connectivity index (χ0v) is 16.9. The first-order valence-electron chi connectivity index (χ1n) is 9.61. The van der Waals surface area contributed by atoms with Gasteiger partial charge in [-0.25, -0.2) is 12.7 Å². The Hall–Kier alpha value is -1.40. The Balaban J connectivity index is 1.69. The van der Waals surface area contributed by atoms with Crippen LogP contribution in [0.15, 0.2) is 30.3 Å². The van der Waals surface area contributed by atoms with E-state index in [-0.39, 0.29) is 17.2 Å². The van der Waals surface area contributed by atoms with E-state index in [2.05, 4.69) is 17.4 Å². The number of rotatable bonds is 9. The Morgan fingerprint density at radius 2 is 1.73 bits per heavy atom. The topological polar surface area (TPSA) is 66.5 Å². The van der Waals surface area contributed by atoms with Gasteiger partial charge in [-0.2, -0.15) is 0 Å². The molecule has 146 valence electrons. The smallest absolute Gasteiger partial charge is 0.220 e. The van der Waals surface area contributed by atoms with Crippen LogP contribution in [0.3, 0.4) is 0 Å². The van der Waals surface area contributed by atoms with Gasteiger partial charge in [-0.05, 0) is 51.5 Å². The van der Waals surface area contributed by atoms with E-state index >= 15 is 0 Å². The summed E-state index contributed by atoms with van der Waals surface area (Å²) in [5.74, 6) is 0.134. The average Bonchev–Trinajstić information content (AvgIpc) is 2.59. The second kappa shape index (κ2) is 9.51. The average molecular weight is 381 g/mol. The molecule has 0 radical (unpaired) electrons. The highest BCUT2D eigenvalue weighted by Crippen LogP contribution is 2.16. The maximum absolute atomic E-state index is 12.3. The van der Waals surface area contributed by atoms with Crippen molar-refractivity contribution in [1.29, 1.82) is 0 Å². The normalized spacial score (nSPS) is 16.4. The number of nitrogens with zero attached hydrogens (tertiary/aromatic N) is 1. The molecule has 0 unspecified atom stereocenters. The molecule has 1 aliphatic heterocycles. The van der Waals surface area contributed by atoms with Gasteiger partial charge in [0.2, 0.25) is 15.9 Å². The van der Waals surface area contributed by atoms with Crippen molar-refractivity contribution in [1.82, 2.24) is 9.62 Å². The highest BCUT2D eigenvalue weighted by molar-refractivity contribution is 7.89. The Morgan fingerprint density at radius 1 is 1.08 bits per heavy atom. The first-order chi connectivity index (χ1) is 12.3. The molecule has 0 aromatic heterocycles. The Bertz CT molecular complexity index is 666. The Morgan fingerprint density at radius 3 is 2.38 bits per heavy atom. The molecule has 0 bridgehead atoms. The fourth-order valence-electron chi connectivity index (χ4n) is 3.43. The highest BCUT2D eigenvalue weighted by atomic mass is 32.2. The van der Waals surface area contributed by atoms with Gasteiger partial charge in [0, 0.05) is 25.0 Å². The molecule has 1 aromatic rings. The summed E-state index contributed by atoms with van der Waals surface area (Å²) in [6, 6.07) is 10.1. The fraction of sp³-hybridized carbons (Fsp3) is 0.650. The summed E-state index contributed by atoms with van der Waals surface area (Å²) >= 11 is 0. The van der Waals surface area contributed by atoms with E-state index in [1.54, 1.807) is 4.31 Å². The summed E-state index contributed by atoms with van der Waals surface area (Å²) in [7, 11) is -3.16. The minimum absolute atomic E-state index is 0.0127. The van der Waals surface area contributed by atoms with E-state index in [0.29, 0.717) is 32.4 Å². The maximum atomic E-state index is 12.3. The first kappa shape index (κ1) is 20.9. The van der Waals surface area contributed by atoms with Crippen molar-refractivity contribution < 1.29 is 13.2 Å². The molecule has 0 spiro atoms. The number of amides is 1. The number of hydrogen-bond donors (Lipinski definition) is 1. The molecular formula is C20H32N2O3S. The van der Waals surface area contributed by atoms with Crippen LogP contribution in [0.5, 0.6) is 0 Å². The van der Waals surface area contributed by atoms with E-state index in [1.807, 2.05) is 32.0 Å². The molecule has 1 fully saturated rings. The third kappa shape index (κ3) is 7.08.